The third-order valence-corrected chi connectivity index (χ3v) is 7.13. The summed E-state index contributed by atoms with van der Waals surface area (Å²) >= 11 is 0. The second-order valence-electron chi connectivity index (χ2n) is 9.39. The third kappa shape index (κ3) is 9.71. The molecule has 0 unspecified atom stereocenters. The molecule has 210 valence electrons. The van der Waals surface area contributed by atoms with Crippen molar-refractivity contribution in [2.75, 3.05) is 48.8 Å². The van der Waals surface area contributed by atoms with Gasteiger partial charge in [0.25, 0.3) is 0 Å². The number of aliphatic carboxylic acids is 1. The van der Waals surface area contributed by atoms with Crippen molar-refractivity contribution in [1.82, 2.24) is 19.9 Å². The van der Waals surface area contributed by atoms with Gasteiger partial charge in [0, 0.05) is 44.0 Å². The number of unbranched alkanes of at least 4 members (excludes halogenated alkanes) is 1. The Kier molecular flexibility index (Phi) is 10.3. The van der Waals surface area contributed by atoms with Gasteiger partial charge in [-0.1, -0.05) is 6.07 Å². The van der Waals surface area contributed by atoms with Crippen molar-refractivity contribution in [1.29, 1.82) is 0 Å². The van der Waals surface area contributed by atoms with Crippen molar-refractivity contribution in [2.45, 2.75) is 50.7 Å². The fourth-order valence-electron chi connectivity index (χ4n) is 4.05. The Bertz CT molecular complexity index is 1180. The first-order valence-electron chi connectivity index (χ1n) is 12.4. The summed E-state index contributed by atoms with van der Waals surface area (Å²) in [6.45, 7) is 1.97. The fraction of sp³-hybridized carbons (Fsp3) is 0.583. The van der Waals surface area contributed by atoms with Gasteiger partial charge in [0.1, 0.15) is 21.7 Å². The standard InChI is InChI=1S/C24H33F3N6O4S/c1-38(36,37)14-13-33(11-3-2-6-19-8-7-17-5-4-10-28-21(17)31-19)12-9-20(22(34)35)32-23-29-15-18(16-30-23)24(25,26)27/h7-8,15-16,20H,2-6,9-14H2,1H3,(H,28,31)(H,34,35)(H,29,30,32)/t20-/m0/s1. The number of carboxylic acids is 1. The summed E-state index contributed by atoms with van der Waals surface area (Å²) in [5.74, 6) is -0.588. The highest BCUT2D eigenvalue weighted by molar-refractivity contribution is 7.90. The minimum atomic E-state index is -4.60. The molecule has 1 aliphatic heterocycles. The number of anilines is 2. The minimum Gasteiger partial charge on any atom is -0.480 e. The first kappa shape index (κ1) is 29.6. The molecule has 2 aromatic heterocycles. The monoisotopic (exact) mass is 558 g/mol. The molecule has 0 fully saturated rings. The van der Waals surface area contributed by atoms with E-state index in [0.29, 0.717) is 18.9 Å². The van der Waals surface area contributed by atoms with Gasteiger partial charge in [0.15, 0.2) is 0 Å². The first-order chi connectivity index (χ1) is 17.9. The van der Waals surface area contributed by atoms with E-state index in [2.05, 4.69) is 31.7 Å². The molecule has 0 radical (unpaired) electrons. The van der Waals surface area contributed by atoms with E-state index in [1.54, 1.807) is 0 Å². The number of aromatic nitrogens is 3. The highest BCUT2D eigenvalue weighted by Crippen LogP contribution is 2.28. The smallest absolute Gasteiger partial charge is 0.419 e. The van der Waals surface area contributed by atoms with Crippen LogP contribution in [0.3, 0.4) is 0 Å². The van der Waals surface area contributed by atoms with Crippen molar-refractivity contribution in [3.8, 4) is 0 Å². The van der Waals surface area contributed by atoms with Gasteiger partial charge in [0.05, 0.1) is 11.3 Å². The van der Waals surface area contributed by atoms with Crippen molar-refractivity contribution in [2.24, 2.45) is 0 Å². The Morgan fingerprint density at radius 3 is 2.58 bits per heavy atom. The predicted octanol–water partition coefficient (Wildman–Crippen LogP) is 2.87. The highest BCUT2D eigenvalue weighted by atomic mass is 32.2. The zero-order chi connectivity index (χ0) is 27.8. The second-order valence-corrected chi connectivity index (χ2v) is 11.6. The van der Waals surface area contributed by atoms with Crippen LogP contribution in [0.1, 0.15) is 42.5 Å². The maximum atomic E-state index is 12.7. The van der Waals surface area contributed by atoms with Gasteiger partial charge in [-0.05, 0) is 56.7 Å². The Morgan fingerprint density at radius 2 is 1.92 bits per heavy atom. The molecule has 0 aliphatic carbocycles. The van der Waals surface area contributed by atoms with Crippen LogP contribution in [-0.2, 0) is 33.6 Å². The van der Waals surface area contributed by atoms with E-state index in [1.807, 2.05) is 11.0 Å². The molecule has 0 bridgehead atoms. The topological polar surface area (TPSA) is 137 Å². The molecular weight excluding hydrogens is 525 g/mol. The lowest BCUT2D eigenvalue weighted by Crippen LogP contribution is -2.37. The molecule has 0 saturated heterocycles. The van der Waals surface area contributed by atoms with Crippen molar-refractivity contribution >= 4 is 27.6 Å². The molecule has 3 N–H and O–H groups in total. The summed E-state index contributed by atoms with van der Waals surface area (Å²) in [6.07, 6.45) is 2.23. The van der Waals surface area contributed by atoms with Crippen LogP contribution in [0.2, 0.25) is 0 Å². The second kappa shape index (κ2) is 13.2. The van der Waals surface area contributed by atoms with E-state index in [4.69, 9.17) is 0 Å². The number of sulfone groups is 1. The number of aryl methyl sites for hydroxylation is 2. The number of nitrogens with one attached hydrogen (secondary N) is 2. The maximum Gasteiger partial charge on any atom is 0.419 e. The van der Waals surface area contributed by atoms with Crippen LogP contribution in [0, 0.1) is 0 Å². The van der Waals surface area contributed by atoms with E-state index < -0.39 is 33.6 Å². The van der Waals surface area contributed by atoms with Gasteiger partial charge >= 0.3 is 12.1 Å². The van der Waals surface area contributed by atoms with E-state index in [-0.39, 0.29) is 31.2 Å². The summed E-state index contributed by atoms with van der Waals surface area (Å²) in [4.78, 5) is 25.5. The van der Waals surface area contributed by atoms with E-state index >= 15 is 0 Å². The lowest BCUT2D eigenvalue weighted by atomic mass is 10.1. The summed E-state index contributed by atoms with van der Waals surface area (Å²) in [5, 5.41) is 15.5. The number of rotatable bonds is 14. The molecule has 0 saturated carbocycles. The number of carbonyl (C=O) groups is 1. The Morgan fingerprint density at radius 1 is 1.18 bits per heavy atom. The molecule has 14 heteroatoms. The number of carboxylic acid groups (broad SMARTS) is 1. The number of fused-ring (bicyclic) bond motifs is 1. The van der Waals surface area contributed by atoms with E-state index in [0.717, 1.165) is 56.4 Å². The molecule has 0 aromatic carbocycles. The predicted molar refractivity (Wildman–Crippen MR) is 137 cm³/mol. The molecular formula is C24H33F3N6O4S. The average Bonchev–Trinajstić information content (AvgIpc) is 2.85. The van der Waals surface area contributed by atoms with Gasteiger partial charge in [-0.15, -0.1) is 0 Å². The molecule has 0 spiro atoms. The summed E-state index contributed by atoms with van der Waals surface area (Å²) in [6, 6.07) is 2.96. The van der Waals surface area contributed by atoms with Gasteiger partial charge in [0.2, 0.25) is 5.95 Å². The van der Waals surface area contributed by atoms with Crippen LogP contribution in [0.4, 0.5) is 24.9 Å². The summed E-state index contributed by atoms with van der Waals surface area (Å²) < 4.78 is 61.6. The lowest BCUT2D eigenvalue weighted by Gasteiger charge is -2.24. The van der Waals surface area contributed by atoms with Crippen molar-refractivity contribution in [3.05, 3.63) is 41.3 Å². The van der Waals surface area contributed by atoms with Crippen molar-refractivity contribution in [3.63, 3.8) is 0 Å². The molecule has 3 heterocycles. The third-order valence-electron chi connectivity index (χ3n) is 6.20. The Hall–Kier alpha value is -3.00. The van der Waals surface area contributed by atoms with Gasteiger partial charge in [-0.3, -0.25) is 0 Å². The molecule has 1 aliphatic rings. The van der Waals surface area contributed by atoms with Gasteiger partial charge in [-0.25, -0.2) is 28.2 Å². The zero-order valence-corrected chi connectivity index (χ0v) is 22.0. The average molecular weight is 559 g/mol. The van der Waals surface area contributed by atoms with Crippen LogP contribution in [0.15, 0.2) is 24.5 Å². The summed E-state index contributed by atoms with van der Waals surface area (Å²) in [7, 11) is -3.22. The quantitative estimate of drug-likeness (QED) is 0.297. The molecule has 0 amide bonds. The number of hydrogen-bond acceptors (Lipinski definition) is 9. The number of alkyl halides is 3. The summed E-state index contributed by atoms with van der Waals surface area (Å²) in [5.41, 5.74) is 1.16. The van der Waals surface area contributed by atoms with Crippen LogP contribution in [-0.4, -0.2) is 83.6 Å². The fourth-order valence-corrected chi connectivity index (χ4v) is 4.64. The maximum absolute atomic E-state index is 12.7. The van der Waals surface area contributed by atoms with Crippen LogP contribution < -0.4 is 10.6 Å². The molecule has 2 aromatic rings. The molecule has 3 rings (SSSR count). The number of hydrogen-bond donors (Lipinski definition) is 3. The largest absolute Gasteiger partial charge is 0.480 e. The highest BCUT2D eigenvalue weighted by Gasteiger charge is 2.31. The molecule has 10 nitrogen and oxygen atoms in total. The Balaban J connectivity index is 1.54. The zero-order valence-electron chi connectivity index (χ0n) is 21.2. The number of pyridine rings is 1. The SMILES string of the molecule is CS(=O)(=O)CCN(CCCCc1ccc2c(n1)NCCC2)CC[C@H](Nc1ncc(C(F)(F)F)cn1)C(=O)O. The van der Waals surface area contributed by atoms with E-state index in [9.17, 15) is 31.5 Å². The molecule has 38 heavy (non-hydrogen) atoms. The van der Waals surface area contributed by atoms with Crippen molar-refractivity contribution < 1.29 is 31.5 Å². The number of halogens is 3. The normalized spacial score (nSPS) is 14.6. The Labute approximate surface area is 220 Å². The first-order valence-corrected chi connectivity index (χ1v) is 14.5. The van der Waals surface area contributed by atoms with Crippen LogP contribution in [0.25, 0.3) is 0 Å². The van der Waals surface area contributed by atoms with Crippen LogP contribution in [0.5, 0.6) is 0 Å². The number of nitrogens with zero attached hydrogens (tertiary/aromatic N) is 4. The van der Waals surface area contributed by atoms with Gasteiger partial charge < -0.3 is 20.6 Å². The molecule has 1 atom stereocenters. The van der Waals surface area contributed by atoms with E-state index in [1.165, 1.54) is 5.56 Å². The van der Waals surface area contributed by atoms with Gasteiger partial charge in [-0.2, -0.15) is 13.2 Å². The van der Waals surface area contributed by atoms with Crippen LogP contribution >= 0.6 is 0 Å². The minimum absolute atomic E-state index is 0.0710. The lowest BCUT2D eigenvalue weighted by molar-refractivity contribution is -0.139.